The molecule has 0 amide bonds. The summed E-state index contributed by atoms with van der Waals surface area (Å²) in [5, 5.41) is 0.451. The summed E-state index contributed by atoms with van der Waals surface area (Å²) in [7, 11) is 1.87. The topological polar surface area (TPSA) is 67.5 Å². The summed E-state index contributed by atoms with van der Waals surface area (Å²) >= 11 is 3.54. The monoisotopic (exact) mass is 411 g/mol. The van der Waals surface area contributed by atoms with Gasteiger partial charge in [0.25, 0.3) is 11.6 Å². The van der Waals surface area contributed by atoms with Gasteiger partial charge in [0, 0.05) is 22.6 Å². The molecule has 3 heterocycles. The molecule has 1 fully saturated rings. The van der Waals surface area contributed by atoms with Gasteiger partial charge in [-0.1, -0.05) is 15.9 Å². The van der Waals surface area contributed by atoms with Crippen LogP contribution in [0.4, 0.5) is 4.39 Å². The summed E-state index contributed by atoms with van der Waals surface area (Å²) < 4.78 is 25.7. The minimum absolute atomic E-state index is 0.0189. The number of aromatic amines is 1. The quantitative estimate of drug-likeness (QED) is 0.839. The number of rotatable bonds is 3. The van der Waals surface area contributed by atoms with Gasteiger partial charge < -0.3 is 9.47 Å². The first-order valence-electron chi connectivity index (χ1n) is 8.38. The number of aromatic nitrogens is 2. The lowest BCUT2D eigenvalue weighted by Gasteiger charge is -2.21. The van der Waals surface area contributed by atoms with E-state index < -0.39 is 6.17 Å². The highest BCUT2D eigenvalue weighted by molar-refractivity contribution is 9.10. The number of nitrogens with zero attached hydrogens (tertiary/aromatic N) is 2. The van der Waals surface area contributed by atoms with Gasteiger partial charge in [-0.3, -0.25) is 14.7 Å². The number of alkyl halides is 1. The van der Waals surface area contributed by atoms with Crippen molar-refractivity contribution < 1.29 is 13.9 Å². The fourth-order valence-corrected chi connectivity index (χ4v) is 4.12. The van der Waals surface area contributed by atoms with Crippen molar-refractivity contribution in [2.75, 3.05) is 26.8 Å². The standard InChI is InChI=1S/C17H19BrFN3O3/c1-22-7-9(19)5-10(22)8-25-17-20-13-6-12(18)11-3-2-4-24-15(11)14(13)16(23)21-17/h6,9-10H,2-5,7-8H2,1H3,(H,20,21,23)/t9-,10+/m1/s1. The van der Waals surface area contributed by atoms with Crippen LogP contribution < -0.4 is 15.0 Å². The molecule has 2 atom stereocenters. The van der Waals surface area contributed by atoms with Crippen molar-refractivity contribution in [3.63, 3.8) is 0 Å². The Labute approximate surface area is 152 Å². The Morgan fingerprint density at radius 3 is 3.16 bits per heavy atom. The van der Waals surface area contributed by atoms with Crippen LogP contribution in [0.1, 0.15) is 18.4 Å². The summed E-state index contributed by atoms with van der Waals surface area (Å²) in [6.07, 6.45) is 1.39. The lowest BCUT2D eigenvalue weighted by atomic mass is 10.0. The number of likely N-dealkylation sites (N-methyl/N-ethyl adjacent to an activating group) is 1. The molecule has 6 nitrogen and oxygen atoms in total. The lowest BCUT2D eigenvalue weighted by molar-refractivity contribution is 0.188. The minimum Gasteiger partial charge on any atom is -0.492 e. The van der Waals surface area contributed by atoms with Crippen molar-refractivity contribution in [2.24, 2.45) is 0 Å². The van der Waals surface area contributed by atoms with Crippen molar-refractivity contribution in [2.45, 2.75) is 31.5 Å². The van der Waals surface area contributed by atoms with E-state index in [1.54, 1.807) is 0 Å². The molecular formula is C17H19BrFN3O3. The molecule has 0 aliphatic carbocycles. The number of fused-ring (bicyclic) bond motifs is 3. The minimum atomic E-state index is -0.832. The summed E-state index contributed by atoms with van der Waals surface area (Å²) in [4.78, 5) is 21.6. The molecule has 134 valence electrons. The Hall–Kier alpha value is -1.67. The van der Waals surface area contributed by atoms with E-state index in [9.17, 15) is 9.18 Å². The van der Waals surface area contributed by atoms with E-state index in [-0.39, 0.29) is 24.2 Å². The van der Waals surface area contributed by atoms with Gasteiger partial charge in [-0.15, -0.1) is 0 Å². The number of hydrogen-bond donors (Lipinski definition) is 1. The molecule has 0 unspecified atom stereocenters. The fourth-order valence-electron chi connectivity index (χ4n) is 3.52. The molecule has 0 radical (unpaired) electrons. The van der Waals surface area contributed by atoms with E-state index in [4.69, 9.17) is 9.47 Å². The van der Waals surface area contributed by atoms with E-state index in [0.717, 1.165) is 22.9 Å². The van der Waals surface area contributed by atoms with E-state index in [0.29, 0.717) is 36.2 Å². The molecule has 8 heteroatoms. The third-order valence-electron chi connectivity index (χ3n) is 4.85. The average Bonchev–Trinajstić information content (AvgIpc) is 2.90. The van der Waals surface area contributed by atoms with Crippen molar-refractivity contribution in [3.05, 3.63) is 26.5 Å². The first kappa shape index (κ1) is 16.8. The van der Waals surface area contributed by atoms with Crippen molar-refractivity contribution in [3.8, 4) is 11.8 Å². The Bertz CT molecular complexity index is 872. The number of hydrogen-bond acceptors (Lipinski definition) is 5. The third kappa shape index (κ3) is 3.13. The molecule has 0 saturated carbocycles. The second kappa shape index (κ2) is 6.57. The lowest BCUT2D eigenvalue weighted by Crippen LogP contribution is -2.31. The van der Waals surface area contributed by atoms with Crippen LogP contribution in [-0.4, -0.2) is 53.9 Å². The zero-order chi connectivity index (χ0) is 17.6. The maximum Gasteiger partial charge on any atom is 0.297 e. The SMILES string of the molecule is CN1C[C@H](F)C[C@H]1COc1nc2cc(Br)c3c(c2c(=O)[nH]1)OCCC3. The van der Waals surface area contributed by atoms with Crippen LogP contribution in [0.15, 0.2) is 15.3 Å². The highest BCUT2D eigenvalue weighted by Crippen LogP contribution is 2.36. The summed E-state index contributed by atoms with van der Waals surface area (Å²) in [5.74, 6) is 0.603. The fraction of sp³-hybridized carbons (Fsp3) is 0.529. The summed E-state index contributed by atoms with van der Waals surface area (Å²) in [6.45, 7) is 1.29. The first-order valence-corrected chi connectivity index (χ1v) is 9.17. The highest BCUT2D eigenvalue weighted by atomic mass is 79.9. The normalized spacial score (nSPS) is 23.5. The number of ether oxygens (including phenoxy) is 2. The molecular weight excluding hydrogens is 393 g/mol. The molecule has 1 aromatic heterocycles. The molecule has 25 heavy (non-hydrogen) atoms. The van der Waals surface area contributed by atoms with Gasteiger partial charge in [0.1, 0.15) is 23.9 Å². The number of halogens is 2. The zero-order valence-corrected chi connectivity index (χ0v) is 15.4. The summed E-state index contributed by atoms with van der Waals surface area (Å²) in [6, 6.07) is 1.95. The predicted octanol–water partition coefficient (Wildman–Crippen LogP) is 2.43. The maximum atomic E-state index is 13.4. The molecule has 1 aromatic carbocycles. The number of nitrogens with one attached hydrogen (secondary N) is 1. The maximum absolute atomic E-state index is 13.4. The molecule has 2 aliphatic rings. The van der Waals surface area contributed by atoms with E-state index in [1.807, 2.05) is 18.0 Å². The Balaban J connectivity index is 1.65. The van der Waals surface area contributed by atoms with E-state index >= 15 is 0 Å². The van der Waals surface area contributed by atoms with Crippen LogP contribution in [0.2, 0.25) is 0 Å². The molecule has 1 N–H and O–H groups in total. The van der Waals surface area contributed by atoms with Crippen molar-refractivity contribution in [1.82, 2.24) is 14.9 Å². The zero-order valence-electron chi connectivity index (χ0n) is 13.8. The van der Waals surface area contributed by atoms with Crippen molar-refractivity contribution >= 4 is 26.8 Å². The van der Waals surface area contributed by atoms with Crippen LogP contribution >= 0.6 is 15.9 Å². The molecule has 2 aromatic rings. The molecule has 4 rings (SSSR count). The van der Waals surface area contributed by atoms with Gasteiger partial charge in [-0.2, -0.15) is 4.98 Å². The Morgan fingerprint density at radius 2 is 2.40 bits per heavy atom. The summed E-state index contributed by atoms with van der Waals surface area (Å²) in [5.41, 5.74) is 1.24. The molecule has 2 aliphatic heterocycles. The van der Waals surface area contributed by atoms with Gasteiger partial charge in [0.05, 0.1) is 12.1 Å². The van der Waals surface area contributed by atoms with Gasteiger partial charge in [0.2, 0.25) is 0 Å². The predicted molar refractivity (Wildman–Crippen MR) is 95.3 cm³/mol. The van der Waals surface area contributed by atoms with Crippen LogP contribution in [-0.2, 0) is 6.42 Å². The van der Waals surface area contributed by atoms with Crippen LogP contribution in [0.5, 0.6) is 11.8 Å². The number of likely N-dealkylation sites (tertiary alicyclic amines) is 1. The van der Waals surface area contributed by atoms with Crippen LogP contribution in [0, 0.1) is 0 Å². The molecule has 1 saturated heterocycles. The third-order valence-corrected chi connectivity index (χ3v) is 5.55. The first-order chi connectivity index (χ1) is 12.0. The van der Waals surface area contributed by atoms with Gasteiger partial charge in [0.15, 0.2) is 0 Å². The van der Waals surface area contributed by atoms with Crippen molar-refractivity contribution in [1.29, 1.82) is 0 Å². The average molecular weight is 412 g/mol. The van der Waals surface area contributed by atoms with Crippen LogP contribution in [0.25, 0.3) is 10.9 Å². The smallest absolute Gasteiger partial charge is 0.297 e. The highest BCUT2D eigenvalue weighted by Gasteiger charge is 2.30. The molecule has 0 bridgehead atoms. The van der Waals surface area contributed by atoms with Gasteiger partial charge >= 0.3 is 0 Å². The second-order valence-corrected chi connectivity index (χ2v) is 7.48. The van der Waals surface area contributed by atoms with Crippen LogP contribution in [0.3, 0.4) is 0 Å². The molecule has 0 spiro atoms. The largest absolute Gasteiger partial charge is 0.492 e. The van der Waals surface area contributed by atoms with E-state index in [1.165, 1.54) is 0 Å². The second-order valence-electron chi connectivity index (χ2n) is 6.62. The van der Waals surface area contributed by atoms with Gasteiger partial charge in [-0.05, 0) is 32.4 Å². The number of benzene rings is 1. The van der Waals surface area contributed by atoms with E-state index in [2.05, 4.69) is 25.9 Å². The number of H-pyrrole nitrogens is 1. The Morgan fingerprint density at radius 1 is 1.56 bits per heavy atom. The van der Waals surface area contributed by atoms with Gasteiger partial charge in [-0.25, -0.2) is 4.39 Å². The Kier molecular flexibility index (Phi) is 4.41.